The van der Waals surface area contributed by atoms with E-state index in [1.54, 1.807) is 36.1 Å². The predicted octanol–water partition coefficient (Wildman–Crippen LogP) is 3.82. The molecule has 146 valence electrons. The largest absolute Gasteiger partial charge is 0.335 e. The number of hydrogen-bond donors (Lipinski definition) is 0. The van der Waals surface area contributed by atoms with Gasteiger partial charge in [0.25, 0.3) is 0 Å². The lowest BCUT2D eigenvalue weighted by Gasteiger charge is -2.26. The van der Waals surface area contributed by atoms with Crippen molar-refractivity contribution in [1.82, 2.24) is 4.90 Å². The van der Waals surface area contributed by atoms with Crippen LogP contribution in [0.5, 0.6) is 0 Å². The Morgan fingerprint density at radius 3 is 2.50 bits per heavy atom. The minimum Gasteiger partial charge on any atom is -0.335 e. The molecule has 28 heavy (non-hydrogen) atoms. The summed E-state index contributed by atoms with van der Waals surface area (Å²) in [7, 11) is 0. The van der Waals surface area contributed by atoms with Crippen molar-refractivity contribution in [1.29, 1.82) is 0 Å². The summed E-state index contributed by atoms with van der Waals surface area (Å²) in [6.45, 7) is 2.37. The maximum absolute atomic E-state index is 14.3. The molecule has 0 bridgehead atoms. The van der Waals surface area contributed by atoms with Crippen LogP contribution in [0.25, 0.3) is 0 Å². The van der Waals surface area contributed by atoms with Crippen molar-refractivity contribution in [2.45, 2.75) is 38.8 Å². The van der Waals surface area contributed by atoms with Gasteiger partial charge in [-0.05, 0) is 55.2 Å². The molecule has 0 spiro atoms. The van der Waals surface area contributed by atoms with Gasteiger partial charge in [-0.25, -0.2) is 8.78 Å². The minimum atomic E-state index is -0.491. The molecule has 1 saturated carbocycles. The molecule has 2 amide bonds. The Bertz CT molecular complexity index is 909. The Balaban J connectivity index is 1.50. The first-order valence-corrected chi connectivity index (χ1v) is 9.54. The van der Waals surface area contributed by atoms with E-state index in [4.69, 9.17) is 0 Å². The average Bonchev–Trinajstić information content (AvgIpc) is 3.43. The standard InChI is InChI=1S/C22H22F2N2O2/c1-14-2-9-20(19(24)10-14)26-13-16(11-21(26)27)22(28)25(18-7-8-18)12-15-3-5-17(23)6-4-15/h2-6,9-10,16,18H,7-8,11-13H2,1H3. The number of hydrogen-bond acceptors (Lipinski definition) is 2. The third-order valence-corrected chi connectivity index (χ3v) is 5.41. The van der Waals surface area contributed by atoms with Crippen molar-refractivity contribution >= 4 is 17.5 Å². The molecule has 6 heteroatoms. The molecule has 1 atom stereocenters. The van der Waals surface area contributed by atoms with E-state index in [0.717, 1.165) is 24.0 Å². The summed E-state index contributed by atoms with van der Waals surface area (Å²) in [5.41, 5.74) is 1.86. The number of amides is 2. The quantitative estimate of drug-likeness (QED) is 0.786. The van der Waals surface area contributed by atoms with Gasteiger partial charge in [0.2, 0.25) is 11.8 Å². The lowest BCUT2D eigenvalue weighted by molar-refractivity contribution is -0.137. The fourth-order valence-electron chi connectivity index (χ4n) is 3.73. The smallest absolute Gasteiger partial charge is 0.228 e. The molecular formula is C22H22F2N2O2. The highest BCUT2D eigenvalue weighted by molar-refractivity contribution is 6.00. The van der Waals surface area contributed by atoms with E-state index in [0.29, 0.717) is 6.54 Å². The topological polar surface area (TPSA) is 40.6 Å². The lowest BCUT2D eigenvalue weighted by atomic mass is 10.1. The first kappa shape index (κ1) is 18.6. The number of benzene rings is 2. The van der Waals surface area contributed by atoms with E-state index in [9.17, 15) is 18.4 Å². The normalized spacial score (nSPS) is 19.2. The molecule has 2 aromatic rings. The third-order valence-electron chi connectivity index (χ3n) is 5.41. The lowest BCUT2D eigenvalue weighted by Crippen LogP contribution is -2.38. The Hall–Kier alpha value is -2.76. The van der Waals surface area contributed by atoms with Crippen molar-refractivity contribution in [3.8, 4) is 0 Å². The minimum absolute atomic E-state index is 0.0821. The zero-order valence-corrected chi connectivity index (χ0v) is 15.7. The molecule has 1 unspecified atom stereocenters. The summed E-state index contributed by atoms with van der Waals surface area (Å²) in [4.78, 5) is 28.8. The summed E-state index contributed by atoms with van der Waals surface area (Å²) in [5.74, 6) is -1.58. The van der Waals surface area contributed by atoms with Gasteiger partial charge in [0.1, 0.15) is 11.6 Å². The molecule has 4 rings (SSSR count). The van der Waals surface area contributed by atoms with Gasteiger partial charge in [-0.15, -0.1) is 0 Å². The van der Waals surface area contributed by atoms with Crippen LogP contribution in [0.4, 0.5) is 14.5 Å². The fraction of sp³-hybridized carbons (Fsp3) is 0.364. The van der Waals surface area contributed by atoms with Crippen molar-refractivity contribution in [2.75, 3.05) is 11.4 Å². The monoisotopic (exact) mass is 384 g/mol. The maximum Gasteiger partial charge on any atom is 0.228 e. The van der Waals surface area contributed by atoms with Crippen LogP contribution in [0.15, 0.2) is 42.5 Å². The van der Waals surface area contributed by atoms with Gasteiger partial charge in [0.15, 0.2) is 0 Å². The number of carbonyl (C=O) groups excluding carboxylic acids is 2. The van der Waals surface area contributed by atoms with Crippen LogP contribution in [0.3, 0.4) is 0 Å². The van der Waals surface area contributed by atoms with Gasteiger partial charge >= 0.3 is 0 Å². The first-order valence-electron chi connectivity index (χ1n) is 9.54. The first-order chi connectivity index (χ1) is 13.4. The number of halogens is 2. The van der Waals surface area contributed by atoms with Gasteiger partial charge in [-0.2, -0.15) is 0 Å². The Labute approximate surface area is 162 Å². The van der Waals surface area contributed by atoms with E-state index in [1.165, 1.54) is 23.1 Å². The Morgan fingerprint density at radius 1 is 1.14 bits per heavy atom. The van der Waals surface area contributed by atoms with Crippen molar-refractivity contribution < 1.29 is 18.4 Å². The third kappa shape index (κ3) is 3.77. The molecule has 0 N–H and O–H groups in total. The molecular weight excluding hydrogens is 362 g/mol. The van der Waals surface area contributed by atoms with Gasteiger partial charge in [0, 0.05) is 25.6 Å². The highest BCUT2D eigenvalue weighted by Crippen LogP contribution is 2.34. The molecule has 4 nitrogen and oxygen atoms in total. The van der Waals surface area contributed by atoms with Gasteiger partial charge in [0.05, 0.1) is 11.6 Å². The molecule has 1 saturated heterocycles. The zero-order chi connectivity index (χ0) is 19.8. The second kappa shape index (κ2) is 7.34. The molecule has 2 aliphatic rings. The highest BCUT2D eigenvalue weighted by Gasteiger charge is 2.41. The van der Waals surface area contributed by atoms with E-state index in [2.05, 4.69) is 0 Å². The second-order valence-electron chi connectivity index (χ2n) is 7.68. The van der Waals surface area contributed by atoms with Crippen LogP contribution in [-0.2, 0) is 16.1 Å². The Kier molecular flexibility index (Phi) is 4.87. The SMILES string of the molecule is Cc1ccc(N2CC(C(=O)N(Cc3ccc(F)cc3)C3CC3)CC2=O)c(F)c1. The van der Waals surface area contributed by atoms with E-state index in [-0.39, 0.29) is 42.3 Å². The number of nitrogens with zero attached hydrogens (tertiary/aromatic N) is 2. The number of carbonyl (C=O) groups is 2. The molecule has 0 radical (unpaired) electrons. The molecule has 2 fully saturated rings. The Morgan fingerprint density at radius 2 is 1.86 bits per heavy atom. The maximum atomic E-state index is 14.3. The van der Waals surface area contributed by atoms with Gasteiger partial charge in [-0.3, -0.25) is 9.59 Å². The summed E-state index contributed by atoms with van der Waals surface area (Å²) >= 11 is 0. The van der Waals surface area contributed by atoms with Crippen LogP contribution in [-0.4, -0.2) is 29.3 Å². The highest BCUT2D eigenvalue weighted by atomic mass is 19.1. The van der Waals surface area contributed by atoms with Crippen molar-refractivity contribution in [3.05, 3.63) is 65.2 Å². The second-order valence-corrected chi connectivity index (χ2v) is 7.68. The van der Waals surface area contributed by atoms with Crippen LogP contribution < -0.4 is 4.90 Å². The van der Waals surface area contributed by atoms with Gasteiger partial charge in [-0.1, -0.05) is 18.2 Å². The average molecular weight is 384 g/mol. The number of aryl methyl sites for hydroxylation is 1. The van der Waals surface area contributed by atoms with E-state index >= 15 is 0 Å². The number of anilines is 1. The molecule has 1 aliphatic heterocycles. The summed E-state index contributed by atoms with van der Waals surface area (Å²) in [6, 6.07) is 11.0. The number of rotatable bonds is 5. The molecule has 1 heterocycles. The van der Waals surface area contributed by atoms with E-state index in [1.807, 2.05) is 0 Å². The van der Waals surface area contributed by atoms with Crippen LogP contribution >= 0.6 is 0 Å². The summed E-state index contributed by atoms with van der Waals surface area (Å²) < 4.78 is 27.5. The predicted molar refractivity (Wildman–Crippen MR) is 102 cm³/mol. The zero-order valence-electron chi connectivity index (χ0n) is 15.7. The van der Waals surface area contributed by atoms with Crippen molar-refractivity contribution in [2.24, 2.45) is 5.92 Å². The van der Waals surface area contributed by atoms with Crippen LogP contribution in [0.2, 0.25) is 0 Å². The summed E-state index contributed by atoms with van der Waals surface area (Å²) in [6.07, 6.45) is 1.95. The molecule has 2 aromatic carbocycles. The molecule has 1 aliphatic carbocycles. The van der Waals surface area contributed by atoms with E-state index < -0.39 is 11.7 Å². The van der Waals surface area contributed by atoms with Crippen LogP contribution in [0, 0.1) is 24.5 Å². The molecule has 0 aromatic heterocycles. The van der Waals surface area contributed by atoms with Crippen LogP contribution in [0.1, 0.15) is 30.4 Å². The van der Waals surface area contributed by atoms with Crippen molar-refractivity contribution in [3.63, 3.8) is 0 Å². The summed E-state index contributed by atoms with van der Waals surface area (Å²) in [5, 5.41) is 0. The fourth-order valence-corrected chi connectivity index (χ4v) is 3.73. The van der Waals surface area contributed by atoms with Gasteiger partial charge < -0.3 is 9.80 Å².